The van der Waals surface area contributed by atoms with Gasteiger partial charge in [0.25, 0.3) is 0 Å². The topological polar surface area (TPSA) is 55.4 Å². The van der Waals surface area contributed by atoms with Gasteiger partial charge in [0, 0.05) is 19.1 Å². The first kappa shape index (κ1) is 12.2. The number of halogens is 1. The van der Waals surface area contributed by atoms with Crippen LogP contribution in [0.4, 0.5) is 0 Å². The third-order valence-electron chi connectivity index (χ3n) is 2.46. The monoisotopic (exact) mass is 241 g/mol. The Hall–Kier alpha value is 0.160. The standard InChI is InChI=1S/C8H16ClNO3S/c1-2-14(11,12)10-8(7-9)3-5-13-6-4-8/h10H,2-7H2,1H3. The fraction of sp³-hybridized carbons (Fsp3) is 1.00. The third kappa shape index (κ3) is 3.08. The molecule has 1 aliphatic rings. The Balaban J connectivity index is 2.70. The molecule has 0 aromatic heterocycles. The number of sulfonamides is 1. The summed E-state index contributed by atoms with van der Waals surface area (Å²) in [5, 5.41) is 0. The molecule has 1 heterocycles. The summed E-state index contributed by atoms with van der Waals surface area (Å²) < 4.78 is 30.7. The first-order valence-electron chi connectivity index (χ1n) is 4.69. The van der Waals surface area contributed by atoms with Crippen LogP contribution in [-0.2, 0) is 14.8 Å². The summed E-state index contributed by atoms with van der Waals surface area (Å²) >= 11 is 5.82. The Morgan fingerprint density at radius 1 is 1.43 bits per heavy atom. The summed E-state index contributed by atoms with van der Waals surface area (Å²) in [7, 11) is -3.18. The molecule has 0 saturated carbocycles. The summed E-state index contributed by atoms with van der Waals surface area (Å²) in [4.78, 5) is 0. The Morgan fingerprint density at radius 3 is 2.43 bits per heavy atom. The molecule has 1 fully saturated rings. The zero-order chi connectivity index (χ0) is 10.7. The van der Waals surface area contributed by atoms with Crippen LogP contribution in [0, 0.1) is 0 Å². The van der Waals surface area contributed by atoms with E-state index in [-0.39, 0.29) is 5.75 Å². The van der Waals surface area contributed by atoms with Gasteiger partial charge in [-0.1, -0.05) is 0 Å². The van der Waals surface area contributed by atoms with Gasteiger partial charge >= 0.3 is 0 Å². The van der Waals surface area contributed by atoms with Crippen molar-refractivity contribution in [1.29, 1.82) is 0 Å². The Labute approximate surface area is 90.0 Å². The molecule has 6 heteroatoms. The largest absolute Gasteiger partial charge is 0.381 e. The van der Waals surface area contributed by atoms with Gasteiger partial charge in [0.15, 0.2) is 0 Å². The zero-order valence-electron chi connectivity index (χ0n) is 8.25. The van der Waals surface area contributed by atoms with E-state index in [1.54, 1.807) is 6.92 Å². The number of nitrogens with one attached hydrogen (secondary N) is 1. The second kappa shape index (κ2) is 4.79. The van der Waals surface area contributed by atoms with Crippen LogP contribution < -0.4 is 4.72 Å². The molecular weight excluding hydrogens is 226 g/mol. The van der Waals surface area contributed by atoms with Crippen molar-refractivity contribution in [2.45, 2.75) is 25.3 Å². The number of alkyl halides is 1. The highest BCUT2D eigenvalue weighted by atomic mass is 35.5. The van der Waals surface area contributed by atoms with Crippen LogP contribution >= 0.6 is 11.6 Å². The SMILES string of the molecule is CCS(=O)(=O)NC1(CCl)CCOCC1. The van der Waals surface area contributed by atoms with Crippen molar-refractivity contribution in [3.05, 3.63) is 0 Å². The van der Waals surface area contributed by atoms with Crippen molar-refractivity contribution in [3.63, 3.8) is 0 Å². The smallest absolute Gasteiger partial charge is 0.211 e. The normalized spacial score (nSPS) is 22.1. The van der Waals surface area contributed by atoms with E-state index in [1.165, 1.54) is 0 Å². The lowest BCUT2D eigenvalue weighted by atomic mass is 9.94. The van der Waals surface area contributed by atoms with Crippen LogP contribution in [0.1, 0.15) is 19.8 Å². The van der Waals surface area contributed by atoms with E-state index >= 15 is 0 Å². The molecule has 0 aliphatic carbocycles. The average molecular weight is 242 g/mol. The molecule has 0 atom stereocenters. The predicted octanol–water partition coefficient (Wildman–Crippen LogP) is 0.714. The summed E-state index contributed by atoms with van der Waals surface area (Å²) in [5.41, 5.74) is -0.491. The Bertz CT molecular complexity index is 272. The highest BCUT2D eigenvalue weighted by molar-refractivity contribution is 7.89. The Kier molecular flexibility index (Phi) is 4.18. The van der Waals surface area contributed by atoms with Crippen LogP contribution in [0.15, 0.2) is 0 Å². The van der Waals surface area contributed by atoms with Gasteiger partial charge in [0.05, 0.1) is 11.3 Å². The van der Waals surface area contributed by atoms with E-state index in [1.807, 2.05) is 0 Å². The van der Waals surface area contributed by atoms with Crippen molar-refractivity contribution in [2.75, 3.05) is 24.8 Å². The zero-order valence-corrected chi connectivity index (χ0v) is 9.83. The van der Waals surface area contributed by atoms with Crippen LogP contribution in [0.5, 0.6) is 0 Å². The molecule has 0 aromatic rings. The maximum atomic E-state index is 11.4. The molecule has 1 aliphatic heterocycles. The predicted molar refractivity (Wildman–Crippen MR) is 56.1 cm³/mol. The summed E-state index contributed by atoms with van der Waals surface area (Å²) in [6.07, 6.45) is 1.30. The van der Waals surface area contributed by atoms with E-state index in [0.717, 1.165) is 0 Å². The molecule has 14 heavy (non-hydrogen) atoms. The molecule has 0 amide bonds. The van der Waals surface area contributed by atoms with Gasteiger partial charge in [-0.2, -0.15) is 0 Å². The molecular formula is C8H16ClNO3S. The summed E-state index contributed by atoms with van der Waals surface area (Å²) in [6, 6.07) is 0. The fourth-order valence-electron chi connectivity index (χ4n) is 1.43. The molecule has 0 aromatic carbocycles. The van der Waals surface area contributed by atoms with E-state index in [2.05, 4.69) is 4.72 Å². The maximum absolute atomic E-state index is 11.4. The van der Waals surface area contributed by atoms with E-state index in [4.69, 9.17) is 16.3 Å². The molecule has 0 bridgehead atoms. The van der Waals surface area contributed by atoms with Gasteiger partial charge in [-0.3, -0.25) is 0 Å². The van der Waals surface area contributed by atoms with Gasteiger partial charge in [-0.15, -0.1) is 11.6 Å². The van der Waals surface area contributed by atoms with Crippen molar-refractivity contribution in [3.8, 4) is 0 Å². The van der Waals surface area contributed by atoms with Crippen LogP contribution in [0.2, 0.25) is 0 Å². The summed E-state index contributed by atoms with van der Waals surface area (Å²) in [5.74, 6) is 0.391. The minimum absolute atomic E-state index is 0.0898. The van der Waals surface area contributed by atoms with Gasteiger partial charge in [-0.25, -0.2) is 13.1 Å². The minimum atomic E-state index is -3.18. The number of hydrogen-bond donors (Lipinski definition) is 1. The van der Waals surface area contributed by atoms with Crippen molar-refractivity contribution in [1.82, 2.24) is 4.72 Å². The molecule has 4 nitrogen and oxygen atoms in total. The van der Waals surface area contributed by atoms with Gasteiger partial charge in [0.1, 0.15) is 0 Å². The molecule has 0 spiro atoms. The average Bonchev–Trinajstić information content (AvgIpc) is 2.19. The van der Waals surface area contributed by atoms with Gasteiger partial charge in [-0.05, 0) is 19.8 Å². The second-order valence-electron chi connectivity index (χ2n) is 3.53. The number of hydrogen-bond acceptors (Lipinski definition) is 3. The van der Waals surface area contributed by atoms with Gasteiger partial charge in [0.2, 0.25) is 10.0 Å². The van der Waals surface area contributed by atoms with Crippen LogP contribution in [0.3, 0.4) is 0 Å². The minimum Gasteiger partial charge on any atom is -0.381 e. The van der Waals surface area contributed by atoms with E-state index < -0.39 is 15.6 Å². The maximum Gasteiger partial charge on any atom is 0.211 e. The van der Waals surface area contributed by atoms with Crippen molar-refractivity contribution < 1.29 is 13.2 Å². The Morgan fingerprint density at radius 2 is 2.00 bits per heavy atom. The second-order valence-corrected chi connectivity index (χ2v) is 5.81. The van der Waals surface area contributed by atoms with Crippen LogP contribution in [0.25, 0.3) is 0 Å². The quantitative estimate of drug-likeness (QED) is 0.738. The first-order valence-corrected chi connectivity index (χ1v) is 6.88. The fourth-order valence-corrected chi connectivity index (χ4v) is 2.92. The van der Waals surface area contributed by atoms with E-state index in [9.17, 15) is 8.42 Å². The number of ether oxygens (including phenoxy) is 1. The molecule has 0 unspecified atom stereocenters. The first-order chi connectivity index (χ1) is 6.54. The molecule has 1 N–H and O–H groups in total. The highest BCUT2D eigenvalue weighted by Gasteiger charge is 2.35. The van der Waals surface area contributed by atoms with E-state index in [0.29, 0.717) is 31.9 Å². The highest BCUT2D eigenvalue weighted by Crippen LogP contribution is 2.23. The third-order valence-corrected chi connectivity index (χ3v) is 4.47. The lowest BCUT2D eigenvalue weighted by Crippen LogP contribution is -2.53. The molecule has 1 rings (SSSR count). The van der Waals surface area contributed by atoms with Crippen molar-refractivity contribution >= 4 is 21.6 Å². The van der Waals surface area contributed by atoms with Gasteiger partial charge < -0.3 is 4.74 Å². The molecule has 1 saturated heterocycles. The molecule has 84 valence electrons. The van der Waals surface area contributed by atoms with Crippen molar-refractivity contribution in [2.24, 2.45) is 0 Å². The number of rotatable bonds is 4. The lowest BCUT2D eigenvalue weighted by molar-refractivity contribution is 0.0549. The van der Waals surface area contributed by atoms with Crippen LogP contribution in [-0.4, -0.2) is 38.8 Å². The molecule has 0 radical (unpaired) electrons. The summed E-state index contributed by atoms with van der Waals surface area (Å²) in [6.45, 7) is 2.75. The lowest BCUT2D eigenvalue weighted by Gasteiger charge is -2.35.